The Hall–Kier alpha value is -2.08. The van der Waals surface area contributed by atoms with E-state index in [-0.39, 0.29) is 5.91 Å². The molecule has 2 aromatic rings. The minimum absolute atomic E-state index is 0.204. The number of rotatable bonds is 5. The molecule has 0 unspecified atom stereocenters. The van der Waals surface area contributed by atoms with Crippen LogP contribution < -0.4 is 10.2 Å². The highest BCUT2D eigenvalue weighted by Crippen LogP contribution is 2.21. The summed E-state index contributed by atoms with van der Waals surface area (Å²) in [6.07, 6.45) is 2.31. The van der Waals surface area contributed by atoms with Gasteiger partial charge >= 0.3 is 0 Å². The molecule has 0 spiro atoms. The van der Waals surface area contributed by atoms with Crippen LogP contribution >= 0.6 is 15.9 Å². The van der Waals surface area contributed by atoms with Crippen molar-refractivity contribution in [3.63, 3.8) is 0 Å². The van der Waals surface area contributed by atoms with Gasteiger partial charge in [0.05, 0.1) is 0 Å². The van der Waals surface area contributed by atoms with Crippen molar-refractivity contribution < 1.29 is 4.79 Å². The van der Waals surface area contributed by atoms with Gasteiger partial charge in [-0.05, 0) is 40.2 Å². The minimum Gasteiger partial charge on any atom is -0.384 e. The molecule has 1 N–H and O–H groups in total. The van der Waals surface area contributed by atoms with Crippen molar-refractivity contribution in [2.75, 3.05) is 42.9 Å². The number of hydrogen-bond acceptors (Lipinski definition) is 4. The van der Waals surface area contributed by atoms with Crippen molar-refractivity contribution >= 4 is 33.3 Å². The van der Waals surface area contributed by atoms with Crippen LogP contribution in [0.2, 0.25) is 0 Å². The van der Waals surface area contributed by atoms with E-state index < -0.39 is 0 Å². The number of nitrogens with one attached hydrogen (secondary N) is 1. The summed E-state index contributed by atoms with van der Waals surface area (Å²) in [5.41, 5.74) is 1.02. The van der Waals surface area contributed by atoms with Crippen LogP contribution in [0.5, 0.6) is 0 Å². The van der Waals surface area contributed by atoms with Gasteiger partial charge in [-0.15, -0.1) is 0 Å². The molecule has 1 amide bonds. The minimum atomic E-state index is 0.204. The number of aromatic nitrogens is 1. The summed E-state index contributed by atoms with van der Waals surface area (Å²) in [5.74, 6) is 1.19. The maximum atomic E-state index is 12.4. The number of hydrogen-bond donors (Lipinski definition) is 1. The second-order valence-corrected chi connectivity index (χ2v) is 6.57. The number of carbonyl (C=O) groups is 1. The van der Waals surface area contributed by atoms with E-state index in [1.54, 1.807) is 6.20 Å². The Labute approximate surface area is 150 Å². The van der Waals surface area contributed by atoms with E-state index in [1.165, 1.54) is 0 Å². The quantitative estimate of drug-likeness (QED) is 0.854. The Morgan fingerprint density at radius 3 is 2.54 bits per heavy atom. The lowest BCUT2D eigenvalue weighted by Gasteiger charge is -2.35. The summed E-state index contributed by atoms with van der Waals surface area (Å²) in [4.78, 5) is 20.9. The molecular formula is C18H21BrN4O. The van der Waals surface area contributed by atoms with Gasteiger partial charge in [0, 0.05) is 55.5 Å². The molecular weight excluding hydrogens is 368 g/mol. The average Bonchev–Trinajstić information content (AvgIpc) is 2.64. The zero-order chi connectivity index (χ0) is 16.8. The maximum absolute atomic E-state index is 12.4. The molecule has 1 saturated heterocycles. The average molecular weight is 389 g/mol. The first-order valence-corrected chi connectivity index (χ1v) is 8.95. The van der Waals surface area contributed by atoms with Gasteiger partial charge in [0.15, 0.2) is 0 Å². The Balaban J connectivity index is 1.43. The molecule has 126 valence electrons. The molecule has 5 nitrogen and oxygen atoms in total. The lowest BCUT2D eigenvalue weighted by Crippen LogP contribution is -2.49. The van der Waals surface area contributed by atoms with E-state index in [0.29, 0.717) is 13.0 Å². The molecule has 1 aliphatic rings. The lowest BCUT2D eigenvalue weighted by atomic mass is 10.2. The van der Waals surface area contributed by atoms with Crippen LogP contribution in [0.25, 0.3) is 0 Å². The van der Waals surface area contributed by atoms with Gasteiger partial charge in [0.1, 0.15) is 5.82 Å². The second kappa shape index (κ2) is 8.15. The van der Waals surface area contributed by atoms with Crippen LogP contribution in [0.15, 0.2) is 53.1 Å². The molecule has 3 rings (SSSR count). The van der Waals surface area contributed by atoms with Crippen LogP contribution in [-0.2, 0) is 4.79 Å². The van der Waals surface area contributed by atoms with Crippen LogP contribution in [0.4, 0.5) is 11.5 Å². The molecule has 0 bridgehead atoms. The van der Waals surface area contributed by atoms with E-state index in [4.69, 9.17) is 0 Å². The fourth-order valence-corrected chi connectivity index (χ4v) is 3.22. The summed E-state index contributed by atoms with van der Waals surface area (Å²) < 4.78 is 1.02. The van der Waals surface area contributed by atoms with Crippen LogP contribution in [0.3, 0.4) is 0 Å². The molecule has 24 heavy (non-hydrogen) atoms. The van der Waals surface area contributed by atoms with E-state index >= 15 is 0 Å². The summed E-state index contributed by atoms with van der Waals surface area (Å²) in [5, 5.41) is 3.30. The molecule has 0 aliphatic carbocycles. The summed E-state index contributed by atoms with van der Waals surface area (Å²) >= 11 is 3.50. The predicted molar refractivity (Wildman–Crippen MR) is 100 cm³/mol. The van der Waals surface area contributed by atoms with Crippen molar-refractivity contribution in [1.29, 1.82) is 0 Å². The number of nitrogens with zero attached hydrogens (tertiary/aromatic N) is 3. The topological polar surface area (TPSA) is 48.5 Å². The lowest BCUT2D eigenvalue weighted by molar-refractivity contribution is -0.131. The Kier molecular flexibility index (Phi) is 5.69. The number of halogens is 1. The van der Waals surface area contributed by atoms with E-state index in [0.717, 1.165) is 42.2 Å². The van der Waals surface area contributed by atoms with Crippen LogP contribution in [0.1, 0.15) is 6.42 Å². The van der Waals surface area contributed by atoms with Gasteiger partial charge in [0.2, 0.25) is 5.91 Å². The van der Waals surface area contributed by atoms with Crippen molar-refractivity contribution in [1.82, 2.24) is 9.88 Å². The monoisotopic (exact) mass is 388 g/mol. The number of piperazine rings is 1. The van der Waals surface area contributed by atoms with Crippen molar-refractivity contribution in [3.05, 3.63) is 53.1 Å². The highest BCUT2D eigenvalue weighted by molar-refractivity contribution is 9.10. The standard InChI is InChI=1S/C18H21BrN4O/c19-15-5-1-2-6-16(15)20-10-8-18(24)23-13-11-22(12-14-23)17-7-3-4-9-21-17/h1-7,9,20H,8,10-14H2. The molecule has 1 aromatic heterocycles. The van der Waals surface area contributed by atoms with Crippen LogP contribution in [-0.4, -0.2) is 48.5 Å². The maximum Gasteiger partial charge on any atom is 0.224 e. The molecule has 1 fully saturated rings. The van der Waals surface area contributed by atoms with Gasteiger partial charge in [-0.25, -0.2) is 4.98 Å². The normalized spacial score (nSPS) is 14.5. The molecule has 1 aliphatic heterocycles. The molecule has 0 radical (unpaired) electrons. The van der Waals surface area contributed by atoms with Crippen molar-refractivity contribution in [3.8, 4) is 0 Å². The Morgan fingerprint density at radius 1 is 1.08 bits per heavy atom. The predicted octanol–water partition coefficient (Wildman–Crippen LogP) is 2.99. The van der Waals surface area contributed by atoms with E-state index in [9.17, 15) is 4.79 Å². The van der Waals surface area contributed by atoms with Gasteiger partial charge in [-0.1, -0.05) is 18.2 Å². The van der Waals surface area contributed by atoms with Crippen molar-refractivity contribution in [2.45, 2.75) is 6.42 Å². The summed E-state index contributed by atoms with van der Waals surface area (Å²) in [6.45, 7) is 3.82. The zero-order valence-corrected chi connectivity index (χ0v) is 15.1. The third kappa shape index (κ3) is 4.26. The van der Waals surface area contributed by atoms with Gasteiger partial charge in [0.25, 0.3) is 0 Å². The first kappa shape index (κ1) is 16.8. The summed E-state index contributed by atoms with van der Waals surface area (Å²) in [7, 11) is 0. The largest absolute Gasteiger partial charge is 0.384 e. The molecule has 1 aromatic carbocycles. The number of pyridine rings is 1. The Bertz CT molecular complexity index is 672. The van der Waals surface area contributed by atoms with Crippen LogP contribution in [0, 0.1) is 0 Å². The molecule has 0 saturated carbocycles. The fourth-order valence-electron chi connectivity index (χ4n) is 2.79. The zero-order valence-electron chi connectivity index (χ0n) is 13.5. The third-order valence-corrected chi connectivity index (χ3v) is 4.83. The van der Waals surface area contributed by atoms with Crippen molar-refractivity contribution in [2.24, 2.45) is 0 Å². The first-order valence-electron chi connectivity index (χ1n) is 8.16. The highest BCUT2D eigenvalue weighted by atomic mass is 79.9. The van der Waals surface area contributed by atoms with E-state index in [2.05, 4.69) is 31.1 Å². The SMILES string of the molecule is O=C(CCNc1ccccc1Br)N1CCN(c2ccccn2)CC1. The number of anilines is 2. The third-order valence-electron chi connectivity index (χ3n) is 4.13. The number of para-hydroxylation sites is 1. The number of amides is 1. The van der Waals surface area contributed by atoms with Gasteiger partial charge in [-0.2, -0.15) is 0 Å². The highest BCUT2D eigenvalue weighted by Gasteiger charge is 2.21. The smallest absolute Gasteiger partial charge is 0.224 e. The Morgan fingerprint density at radius 2 is 1.83 bits per heavy atom. The number of benzene rings is 1. The molecule has 0 atom stereocenters. The first-order chi connectivity index (χ1) is 11.7. The molecule has 6 heteroatoms. The second-order valence-electron chi connectivity index (χ2n) is 5.71. The summed E-state index contributed by atoms with van der Waals surface area (Å²) in [6, 6.07) is 13.9. The van der Waals surface area contributed by atoms with Gasteiger partial charge in [-0.3, -0.25) is 4.79 Å². The fraction of sp³-hybridized carbons (Fsp3) is 0.333. The molecule has 2 heterocycles. The van der Waals surface area contributed by atoms with Gasteiger partial charge < -0.3 is 15.1 Å². The van der Waals surface area contributed by atoms with E-state index in [1.807, 2.05) is 47.4 Å². The number of carbonyl (C=O) groups excluding carboxylic acids is 1.